The fourth-order valence-corrected chi connectivity index (χ4v) is 3.06. The van der Waals surface area contributed by atoms with Crippen molar-refractivity contribution in [2.75, 3.05) is 31.1 Å². The number of carbonyl (C=O) groups excluding carboxylic acids is 2. The number of fused-ring (bicyclic) bond motifs is 1. The molecule has 0 aliphatic carbocycles. The average Bonchev–Trinajstić information content (AvgIpc) is 2.63. The van der Waals surface area contributed by atoms with E-state index in [9.17, 15) is 9.59 Å². The van der Waals surface area contributed by atoms with Gasteiger partial charge in [-0.15, -0.1) is 0 Å². The smallest absolute Gasteiger partial charge is 0.331 e. The Morgan fingerprint density at radius 2 is 2.08 bits per heavy atom. The largest absolute Gasteiger partial charge is 0.423 e. The molecule has 0 bridgehead atoms. The lowest BCUT2D eigenvalue weighted by Crippen LogP contribution is -2.45. The monoisotopic (exact) mass is 373 g/mol. The number of esters is 1. The lowest BCUT2D eigenvalue weighted by molar-refractivity contribution is -0.133. The zero-order valence-electron chi connectivity index (χ0n) is 14.5. The first-order valence-electron chi connectivity index (χ1n) is 8.48. The van der Waals surface area contributed by atoms with Crippen molar-refractivity contribution in [2.24, 2.45) is 0 Å². The summed E-state index contributed by atoms with van der Waals surface area (Å²) in [6.45, 7) is 3.29. The summed E-state index contributed by atoms with van der Waals surface area (Å²) in [4.78, 5) is 32.1. The Morgan fingerprint density at radius 3 is 2.81 bits per heavy atom. The maximum absolute atomic E-state index is 12.8. The van der Waals surface area contributed by atoms with Crippen LogP contribution in [0.2, 0.25) is 5.02 Å². The second-order valence-corrected chi connectivity index (χ2v) is 6.46. The third kappa shape index (κ3) is 4.32. The summed E-state index contributed by atoms with van der Waals surface area (Å²) in [5.41, 5.74) is 1.79. The molecule has 1 aliphatic rings. The molecule has 0 saturated heterocycles. The van der Waals surface area contributed by atoms with E-state index in [0.29, 0.717) is 29.5 Å². The quantitative estimate of drug-likeness (QED) is 0.575. The summed E-state index contributed by atoms with van der Waals surface area (Å²) < 4.78 is 5.22. The highest BCUT2D eigenvalue weighted by molar-refractivity contribution is 6.31. The molecule has 2 aromatic rings. The summed E-state index contributed by atoms with van der Waals surface area (Å²) in [5.74, 6) is 0.00734. The van der Waals surface area contributed by atoms with Gasteiger partial charge in [-0.2, -0.15) is 0 Å². The van der Waals surface area contributed by atoms with Gasteiger partial charge in [0.25, 0.3) is 0 Å². The molecule has 1 aliphatic heterocycles. The Morgan fingerprint density at radius 1 is 1.31 bits per heavy atom. The lowest BCUT2D eigenvalue weighted by Gasteiger charge is -2.31. The predicted molar refractivity (Wildman–Crippen MR) is 99.5 cm³/mol. The number of rotatable bonds is 6. The Labute approximate surface area is 157 Å². The van der Waals surface area contributed by atoms with Crippen molar-refractivity contribution in [3.05, 3.63) is 53.3 Å². The van der Waals surface area contributed by atoms with Crippen molar-refractivity contribution in [1.82, 2.24) is 9.88 Å². The number of nitrogens with zero attached hydrogens (tertiary/aromatic N) is 3. The standard InChI is InChI=1S/C19H20ClN3O3/c1-2-22(10-7-14-5-8-21-9-6-14)18(24)12-23-13-19(25)26-17-4-3-15(20)11-16(17)23/h3-6,8-9,11H,2,7,10,12-13H2,1H3. The first-order chi connectivity index (χ1) is 12.6. The van der Waals surface area contributed by atoms with E-state index in [0.717, 1.165) is 12.0 Å². The van der Waals surface area contributed by atoms with Gasteiger partial charge in [0.2, 0.25) is 5.91 Å². The minimum absolute atomic E-state index is 0.0288. The van der Waals surface area contributed by atoms with Gasteiger partial charge in [-0.1, -0.05) is 11.6 Å². The maximum Gasteiger partial charge on any atom is 0.331 e. The number of likely N-dealkylation sites (N-methyl/N-ethyl adjacent to an activating group) is 1. The van der Waals surface area contributed by atoms with Gasteiger partial charge in [0.05, 0.1) is 12.2 Å². The molecule has 0 radical (unpaired) electrons. The molecular formula is C19H20ClN3O3. The molecule has 2 heterocycles. The second-order valence-electron chi connectivity index (χ2n) is 6.02. The third-order valence-electron chi connectivity index (χ3n) is 4.29. The van der Waals surface area contributed by atoms with E-state index >= 15 is 0 Å². The van der Waals surface area contributed by atoms with E-state index in [4.69, 9.17) is 16.3 Å². The van der Waals surface area contributed by atoms with E-state index in [-0.39, 0.29) is 25.0 Å². The molecule has 1 aromatic carbocycles. The van der Waals surface area contributed by atoms with Crippen LogP contribution in [0.4, 0.5) is 5.69 Å². The van der Waals surface area contributed by atoms with Crippen LogP contribution in [0.25, 0.3) is 0 Å². The molecule has 0 spiro atoms. The third-order valence-corrected chi connectivity index (χ3v) is 4.52. The summed E-state index contributed by atoms with van der Waals surface area (Å²) in [5, 5.41) is 0.532. The van der Waals surface area contributed by atoms with Gasteiger partial charge in [0.15, 0.2) is 5.75 Å². The number of amides is 1. The van der Waals surface area contributed by atoms with Crippen molar-refractivity contribution in [1.29, 1.82) is 0 Å². The summed E-state index contributed by atoms with van der Waals surface area (Å²) >= 11 is 6.05. The Kier molecular flexibility index (Phi) is 5.73. The number of halogens is 1. The van der Waals surface area contributed by atoms with E-state index in [2.05, 4.69) is 4.98 Å². The minimum atomic E-state index is -0.382. The molecule has 136 valence electrons. The molecule has 7 heteroatoms. The van der Waals surface area contributed by atoms with Gasteiger partial charge in [-0.05, 0) is 49.2 Å². The number of hydrogen-bond donors (Lipinski definition) is 0. The number of ether oxygens (including phenoxy) is 1. The molecule has 0 fully saturated rings. The molecule has 3 rings (SSSR count). The van der Waals surface area contributed by atoms with Crippen LogP contribution in [-0.2, 0) is 16.0 Å². The Bertz CT molecular complexity index is 798. The van der Waals surface area contributed by atoms with E-state index in [1.165, 1.54) is 0 Å². The van der Waals surface area contributed by atoms with Crippen molar-refractivity contribution < 1.29 is 14.3 Å². The number of hydrogen-bond acceptors (Lipinski definition) is 5. The first-order valence-corrected chi connectivity index (χ1v) is 8.86. The minimum Gasteiger partial charge on any atom is -0.423 e. The van der Waals surface area contributed by atoms with Crippen molar-refractivity contribution in [3.8, 4) is 5.75 Å². The number of benzene rings is 1. The van der Waals surface area contributed by atoms with Crippen LogP contribution in [0.1, 0.15) is 12.5 Å². The van der Waals surface area contributed by atoms with Gasteiger partial charge < -0.3 is 14.5 Å². The Balaban J connectivity index is 1.68. The van der Waals surface area contributed by atoms with Gasteiger partial charge >= 0.3 is 5.97 Å². The normalized spacial score (nSPS) is 13.2. The highest BCUT2D eigenvalue weighted by atomic mass is 35.5. The van der Waals surface area contributed by atoms with Crippen LogP contribution in [-0.4, -0.2) is 47.9 Å². The molecule has 1 aromatic heterocycles. The highest BCUT2D eigenvalue weighted by Crippen LogP contribution is 2.34. The first kappa shape index (κ1) is 18.2. The fraction of sp³-hybridized carbons (Fsp3) is 0.316. The van der Waals surface area contributed by atoms with Crippen molar-refractivity contribution in [3.63, 3.8) is 0 Å². The van der Waals surface area contributed by atoms with E-state index in [1.54, 1.807) is 40.4 Å². The number of anilines is 1. The molecule has 0 atom stereocenters. The SMILES string of the molecule is CCN(CCc1ccncc1)C(=O)CN1CC(=O)Oc2ccc(Cl)cc21. The molecule has 26 heavy (non-hydrogen) atoms. The zero-order chi connectivity index (χ0) is 18.5. The van der Waals surface area contributed by atoms with E-state index < -0.39 is 0 Å². The number of carbonyl (C=O) groups is 2. The highest BCUT2D eigenvalue weighted by Gasteiger charge is 2.27. The van der Waals surface area contributed by atoms with Gasteiger partial charge in [0.1, 0.15) is 6.54 Å². The predicted octanol–water partition coefficient (Wildman–Crippen LogP) is 2.55. The summed E-state index contributed by atoms with van der Waals surface area (Å²) in [7, 11) is 0. The van der Waals surface area contributed by atoms with Crippen LogP contribution in [0.15, 0.2) is 42.7 Å². The Hall–Kier alpha value is -2.60. The molecule has 6 nitrogen and oxygen atoms in total. The lowest BCUT2D eigenvalue weighted by atomic mass is 10.2. The van der Waals surface area contributed by atoms with Crippen LogP contribution in [0, 0.1) is 0 Å². The van der Waals surface area contributed by atoms with Crippen LogP contribution < -0.4 is 9.64 Å². The van der Waals surface area contributed by atoms with Crippen LogP contribution in [0.3, 0.4) is 0 Å². The number of pyridine rings is 1. The molecular weight excluding hydrogens is 354 g/mol. The van der Waals surface area contributed by atoms with Crippen LogP contribution >= 0.6 is 11.6 Å². The summed E-state index contributed by atoms with van der Waals surface area (Å²) in [6, 6.07) is 8.90. The molecule has 0 unspecified atom stereocenters. The van der Waals surface area contributed by atoms with Gasteiger partial charge in [-0.25, -0.2) is 4.79 Å². The topological polar surface area (TPSA) is 62.7 Å². The number of aromatic nitrogens is 1. The summed E-state index contributed by atoms with van der Waals surface area (Å²) in [6.07, 6.45) is 4.24. The van der Waals surface area contributed by atoms with E-state index in [1.807, 2.05) is 19.1 Å². The van der Waals surface area contributed by atoms with Gasteiger partial charge in [-0.3, -0.25) is 9.78 Å². The second kappa shape index (κ2) is 8.19. The molecule has 0 N–H and O–H groups in total. The van der Waals surface area contributed by atoms with Crippen molar-refractivity contribution in [2.45, 2.75) is 13.3 Å². The molecule has 0 saturated carbocycles. The van der Waals surface area contributed by atoms with Crippen molar-refractivity contribution >= 4 is 29.2 Å². The average molecular weight is 374 g/mol. The van der Waals surface area contributed by atoms with Gasteiger partial charge in [0, 0.05) is 30.5 Å². The maximum atomic E-state index is 12.8. The van der Waals surface area contributed by atoms with Crippen LogP contribution in [0.5, 0.6) is 5.75 Å². The molecule has 1 amide bonds. The zero-order valence-corrected chi connectivity index (χ0v) is 15.3. The fourth-order valence-electron chi connectivity index (χ4n) is 2.90.